The third-order valence-corrected chi connectivity index (χ3v) is 3.34. The van der Waals surface area contributed by atoms with Crippen LogP contribution in [0.15, 0.2) is 17.2 Å². The summed E-state index contributed by atoms with van der Waals surface area (Å²) in [5, 5.41) is 3.19. The van der Waals surface area contributed by atoms with Gasteiger partial charge in [0.15, 0.2) is 5.82 Å². The largest absolute Gasteiger partial charge is 0.361 e. The van der Waals surface area contributed by atoms with E-state index in [4.69, 9.17) is 5.73 Å². The van der Waals surface area contributed by atoms with Crippen molar-refractivity contribution in [3.8, 4) is 0 Å². The molecule has 0 aromatic carbocycles. The molecule has 5 heteroatoms. The number of hydrogen-bond donors (Lipinski definition) is 2. The van der Waals surface area contributed by atoms with E-state index in [0.29, 0.717) is 18.4 Å². The van der Waals surface area contributed by atoms with Crippen LogP contribution >= 0.6 is 0 Å². The second-order valence-electron chi connectivity index (χ2n) is 4.94. The maximum atomic E-state index is 12.2. The van der Waals surface area contributed by atoms with Crippen LogP contribution in [0.1, 0.15) is 45.1 Å². The Bertz CT molecular complexity index is 439. The second-order valence-corrected chi connectivity index (χ2v) is 4.94. The zero-order valence-corrected chi connectivity index (χ0v) is 10.9. The molecule has 1 fully saturated rings. The Hall–Kier alpha value is -1.36. The van der Waals surface area contributed by atoms with Gasteiger partial charge in [-0.15, -0.1) is 0 Å². The van der Waals surface area contributed by atoms with Crippen LogP contribution in [0.25, 0.3) is 0 Å². The van der Waals surface area contributed by atoms with Crippen molar-refractivity contribution < 1.29 is 0 Å². The minimum atomic E-state index is -0.0186. The van der Waals surface area contributed by atoms with E-state index in [1.165, 1.54) is 0 Å². The molecule has 100 valence electrons. The molecule has 0 aliphatic heterocycles. The molecule has 0 spiro atoms. The van der Waals surface area contributed by atoms with Crippen LogP contribution in [0.5, 0.6) is 0 Å². The van der Waals surface area contributed by atoms with Crippen LogP contribution in [0.3, 0.4) is 0 Å². The first kappa shape index (κ1) is 13.1. The number of rotatable bonds is 7. The molecule has 1 aliphatic rings. The van der Waals surface area contributed by atoms with Crippen LogP contribution in [0.4, 0.5) is 5.82 Å². The SMILES string of the molecule is CCCCC(CN)Nc1nccn(C2CC2)c1=O. The van der Waals surface area contributed by atoms with Gasteiger partial charge in [0.05, 0.1) is 0 Å². The molecule has 0 bridgehead atoms. The number of nitrogens with zero attached hydrogens (tertiary/aromatic N) is 2. The molecule has 1 aromatic heterocycles. The lowest BCUT2D eigenvalue weighted by Crippen LogP contribution is -2.33. The first-order valence-electron chi connectivity index (χ1n) is 6.80. The summed E-state index contributed by atoms with van der Waals surface area (Å²) < 4.78 is 1.78. The molecule has 1 aromatic rings. The predicted molar refractivity (Wildman–Crippen MR) is 72.8 cm³/mol. The monoisotopic (exact) mass is 250 g/mol. The standard InChI is InChI=1S/C13H22N4O/c1-2-3-4-10(9-14)16-12-13(18)17(8-7-15-12)11-5-6-11/h7-8,10-11H,2-6,9,14H2,1H3,(H,15,16). The average molecular weight is 250 g/mol. The third kappa shape index (κ3) is 3.10. The lowest BCUT2D eigenvalue weighted by molar-refractivity contribution is 0.608. The van der Waals surface area contributed by atoms with Crippen LogP contribution in [0, 0.1) is 0 Å². The minimum absolute atomic E-state index is 0.0186. The van der Waals surface area contributed by atoms with Gasteiger partial charge in [-0.2, -0.15) is 0 Å². The molecular weight excluding hydrogens is 228 g/mol. The molecule has 0 radical (unpaired) electrons. The summed E-state index contributed by atoms with van der Waals surface area (Å²) in [6.45, 7) is 2.67. The van der Waals surface area contributed by atoms with Crippen molar-refractivity contribution in [2.75, 3.05) is 11.9 Å². The maximum Gasteiger partial charge on any atom is 0.293 e. The second kappa shape index (κ2) is 6.00. The Balaban J connectivity index is 2.07. The van der Waals surface area contributed by atoms with E-state index in [2.05, 4.69) is 17.2 Å². The number of anilines is 1. The molecule has 1 unspecified atom stereocenters. The highest BCUT2D eigenvalue weighted by Gasteiger charge is 2.25. The first-order valence-corrected chi connectivity index (χ1v) is 6.80. The quantitative estimate of drug-likeness (QED) is 0.769. The van der Waals surface area contributed by atoms with Crippen LogP contribution in [-0.2, 0) is 0 Å². The molecule has 1 aliphatic carbocycles. The Morgan fingerprint density at radius 3 is 3.00 bits per heavy atom. The van der Waals surface area contributed by atoms with Gasteiger partial charge in [0.25, 0.3) is 5.56 Å². The number of hydrogen-bond acceptors (Lipinski definition) is 4. The van der Waals surface area contributed by atoms with Crippen molar-refractivity contribution in [2.45, 2.75) is 51.1 Å². The maximum absolute atomic E-state index is 12.2. The van der Waals surface area contributed by atoms with Crippen molar-refractivity contribution in [3.63, 3.8) is 0 Å². The molecule has 3 N–H and O–H groups in total. The fourth-order valence-electron chi connectivity index (χ4n) is 2.06. The predicted octanol–water partition coefficient (Wildman–Crippen LogP) is 1.51. The van der Waals surface area contributed by atoms with Crippen molar-refractivity contribution in [2.24, 2.45) is 5.73 Å². The van der Waals surface area contributed by atoms with E-state index in [0.717, 1.165) is 32.1 Å². The summed E-state index contributed by atoms with van der Waals surface area (Å²) in [7, 11) is 0. The Kier molecular flexibility index (Phi) is 4.36. The fourth-order valence-corrected chi connectivity index (χ4v) is 2.06. The summed E-state index contributed by atoms with van der Waals surface area (Å²) in [6, 6.07) is 0.522. The molecule has 0 saturated heterocycles. The fraction of sp³-hybridized carbons (Fsp3) is 0.692. The average Bonchev–Trinajstić information content (AvgIpc) is 3.20. The molecule has 1 atom stereocenters. The van der Waals surface area contributed by atoms with E-state index in [-0.39, 0.29) is 11.6 Å². The van der Waals surface area contributed by atoms with Crippen molar-refractivity contribution in [1.82, 2.24) is 9.55 Å². The lowest BCUT2D eigenvalue weighted by Gasteiger charge is -2.17. The van der Waals surface area contributed by atoms with Crippen molar-refractivity contribution in [1.29, 1.82) is 0 Å². The summed E-state index contributed by atoms with van der Waals surface area (Å²) in [5.41, 5.74) is 5.70. The van der Waals surface area contributed by atoms with Gasteiger partial charge in [-0.05, 0) is 19.3 Å². The normalized spacial score (nSPS) is 16.6. The van der Waals surface area contributed by atoms with Gasteiger partial charge in [-0.1, -0.05) is 19.8 Å². The van der Waals surface area contributed by atoms with E-state index in [9.17, 15) is 4.79 Å². The van der Waals surface area contributed by atoms with Gasteiger partial charge in [-0.25, -0.2) is 4.98 Å². The van der Waals surface area contributed by atoms with Crippen LogP contribution < -0.4 is 16.6 Å². The summed E-state index contributed by atoms with van der Waals surface area (Å²) in [4.78, 5) is 16.3. The van der Waals surface area contributed by atoms with Gasteiger partial charge < -0.3 is 15.6 Å². The van der Waals surface area contributed by atoms with Gasteiger partial charge >= 0.3 is 0 Å². The Morgan fingerprint density at radius 2 is 2.39 bits per heavy atom. The van der Waals surface area contributed by atoms with Crippen LogP contribution in [-0.4, -0.2) is 22.1 Å². The first-order chi connectivity index (χ1) is 8.76. The zero-order valence-electron chi connectivity index (χ0n) is 10.9. The molecule has 18 heavy (non-hydrogen) atoms. The van der Waals surface area contributed by atoms with E-state index in [1.807, 2.05) is 0 Å². The summed E-state index contributed by atoms with van der Waals surface area (Å²) in [5.74, 6) is 0.441. The topological polar surface area (TPSA) is 72.9 Å². The highest BCUT2D eigenvalue weighted by molar-refractivity contribution is 5.32. The molecule has 5 nitrogen and oxygen atoms in total. The molecule has 1 heterocycles. The van der Waals surface area contributed by atoms with Crippen molar-refractivity contribution >= 4 is 5.82 Å². The zero-order chi connectivity index (χ0) is 13.0. The van der Waals surface area contributed by atoms with Gasteiger partial charge in [0, 0.05) is 31.0 Å². The highest BCUT2D eigenvalue weighted by atomic mass is 16.1. The number of nitrogens with two attached hydrogens (primary N) is 1. The number of nitrogens with one attached hydrogen (secondary N) is 1. The molecule has 2 rings (SSSR count). The molecular formula is C13H22N4O. The summed E-state index contributed by atoms with van der Waals surface area (Å²) in [6.07, 6.45) is 8.88. The Labute approximate surface area is 107 Å². The lowest BCUT2D eigenvalue weighted by atomic mass is 10.1. The number of unbranched alkanes of at least 4 members (excludes halogenated alkanes) is 1. The number of aromatic nitrogens is 2. The van der Waals surface area contributed by atoms with E-state index in [1.54, 1.807) is 17.0 Å². The van der Waals surface area contributed by atoms with Crippen LogP contribution in [0.2, 0.25) is 0 Å². The van der Waals surface area contributed by atoms with E-state index < -0.39 is 0 Å². The molecule has 0 amide bonds. The van der Waals surface area contributed by atoms with Gasteiger partial charge in [0.1, 0.15) is 0 Å². The summed E-state index contributed by atoms with van der Waals surface area (Å²) >= 11 is 0. The minimum Gasteiger partial charge on any atom is -0.361 e. The Morgan fingerprint density at radius 1 is 1.61 bits per heavy atom. The highest BCUT2D eigenvalue weighted by Crippen LogP contribution is 2.33. The van der Waals surface area contributed by atoms with E-state index >= 15 is 0 Å². The van der Waals surface area contributed by atoms with Gasteiger partial charge in [0.2, 0.25) is 0 Å². The van der Waals surface area contributed by atoms with Crippen molar-refractivity contribution in [3.05, 3.63) is 22.7 Å². The molecule has 1 saturated carbocycles. The van der Waals surface area contributed by atoms with Gasteiger partial charge in [-0.3, -0.25) is 4.79 Å². The third-order valence-electron chi connectivity index (χ3n) is 3.34. The smallest absolute Gasteiger partial charge is 0.293 e.